The molecule has 3 aromatic rings. The number of para-hydroxylation sites is 1. The van der Waals surface area contributed by atoms with Gasteiger partial charge in [-0.05, 0) is 60.4 Å². The number of rotatable bonds is 8. The van der Waals surface area contributed by atoms with Gasteiger partial charge < -0.3 is 19.9 Å². The lowest BCUT2D eigenvalue weighted by atomic mass is 9.80. The average Bonchev–Trinajstić information content (AvgIpc) is 3.22. The average molecular weight is 438 g/mol. The van der Waals surface area contributed by atoms with Crippen LogP contribution in [0.2, 0.25) is 0 Å². The number of anilines is 1. The Morgan fingerprint density at radius 1 is 1.16 bits per heavy atom. The first-order valence-electron chi connectivity index (χ1n) is 10.6. The molecule has 3 atom stereocenters. The number of carbonyl (C=O) groups is 1. The predicted molar refractivity (Wildman–Crippen MR) is 124 cm³/mol. The molecule has 1 aromatic heterocycles. The molecule has 0 saturated heterocycles. The maximum absolute atomic E-state index is 13.0. The van der Waals surface area contributed by atoms with Gasteiger partial charge in [-0.2, -0.15) is 0 Å². The van der Waals surface area contributed by atoms with E-state index in [1.165, 1.54) is 15.6 Å². The summed E-state index contributed by atoms with van der Waals surface area (Å²) in [7, 11) is 0. The minimum absolute atomic E-state index is 0.00150. The lowest BCUT2D eigenvalue weighted by Crippen LogP contribution is -2.37. The summed E-state index contributed by atoms with van der Waals surface area (Å²) in [5, 5.41) is 15.7. The molecule has 1 aliphatic rings. The fourth-order valence-electron chi connectivity index (χ4n) is 4.09. The van der Waals surface area contributed by atoms with Crippen molar-refractivity contribution in [2.24, 2.45) is 5.92 Å². The molecule has 6 heteroatoms. The van der Waals surface area contributed by atoms with Crippen molar-refractivity contribution in [2.75, 3.05) is 18.5 Å². The fraction of sp³-hybridized carbons (Fsp3) is 0.320. The standard InChI is InChI=1S/C25H27NO4S/c1-2-29-25-19(12-8-14-27)20(21-16-31-23-13-7-6-11-18(21)23)15-22(30-25)24(28)26-17-9-4-3-5-10-17/h3-7,9-11,13,15-16,19-20,25,27H,2,8,12,14H2,1H3,(H,26,28)/t19-,20+,25-/m1/s1. The van der Waals surface area contributed by atoms with Crippen LogP contribution in [0, 0.1) is 5.92 Å². The van der Waals surface area contributed by atoms with Gasteiger partial charge in [-0.1, -0.05) is 36.4 Å². The van der Waals surface area contributed by atoms with E-state index < -0.39 is 6.29 Å². The quantitative estimate of drug-likeness (QED) is 0.503. The summed E-state index contributed by atoms with van der Waals surface area (Å²) in [5.41, 5.74) is 1.88. The SMILES string of the molecule is CCO[C@@H]1OC(C(=O)Nc2ccccc2)=C[C@H](c2csc3ccccc23)[C@H]1CCCO. The highest BCUT2D eigenvalue weighted by Gasteiger charge is 2.38. The molecule has 4 rings (SSSR count). The monoisotopic (exact) mass is 437 g/mol. The van der Waals surface area contributed by atoms with Crippen LogP contribution in [0.4, 0.5) is 5.69 Å². The lowest BCUT2D eigenvalue weighted by Gasteiger charge is -2.36. The van der Waals surface area contributed by atoms with Crippen molar-refractivity contribution in [3.05, 3.63) is 77.4 Å². The number of aliphatic hydroxyl groups is 1. The van der Waals surface area contributed by atoms with Crippen LogP contribution in [-0.4, -0.2) is 30.5 Å². The minimum Gasteiger partial charge on any atom is -0.459 e. The van der Waals surface area contributed by atoms with E-state index in [0.29, 0.717) is 18.7 Å². The molecule has 2 N–H and O–H groups in total. The number of ether oxygens (including phenoxy) is 2. The van der Waals surface area contributed by atoms with E-state index in [9.17, 15) is 9.90 Å². The highest BCUT2D eigenvalue weighted by Crippen LogP contribution is 2.43. The Kier molecular flexibility index (Phi) is 7.02. The molecular weight excluding hydrogens is 410 g/mol. The van der Waals surface area contributed by atoms with Crippen LogP contribution in [0.5, 0.6) is 0 Å². The Hall–Kier alpha value is -2.67. The Morgan fingerprint density at radius 2 is 1.94 bits per heavy atom. The second-order valence-electron chi connectivity index (χ2n) is 7.54. The zero-order chi connectivity index (χ0) is 21.6. The number of carbonyl (C=O) groups excluding carboxylic acids is 1. The van der Waals surface area contributed by atoms with Crippen molar-refractivity contribution in [3.8, 4) is 0 Å². The molecule has 2 aromatic carbocycles. The molecule has 2 heterocycles. The topological polar surface area (TPSA) is 67.8 Å². The minimum atomic E-state index is -0.554. The van der Waals surface area contributed by atoms with E-state index in [4.69, 9.17) is 9.47 Å². The first-order chi connectivity index (χ1) is 15.2. The summed E-state index contributed by atoms with van der Waals surface area (Å²) in [6.07, 6.45) is 2.75. The molecule has 0 fully saturated rings. The van der Waals surface area contributed by atoms with Crippen molar-refractivity contribution < 1.29 is 19.4 Å². The van der Waals surface area contributed by atoms with Crippen LogP contribution in [0.15, 0.2) is 71.8 Å². The van der Waals surface area contributed by atoms with E-state index in [2.05, 4.69) is 22.8 Å². The number of allylic oxidation sites excluding steroid dienone is 1. The molecule has 31 heavy (non-hydrogen) atoms. The second kappa shape index (κ2) is 10.1. The summed E-state index contributed by atoms with van der Waals surface area (Å²) >= 11 is 1.70. The van der Waals surface area contributed by atoms with Crippen LogP contribution in [-0.2, 0) is 14.3 Å². The van der Waals surface area contributed by atoms with Gasteiger partial charge in [0.05, 0.1) is 0 Å². The Labute approximate surface area is 186 Å². The lowest BCUT2D eigenvalue weighted by molar-refractivity contribution is -0.164. The predicted octanol–water partition coefficient (Wildman–Crippen LogP) is 5.29. The van der Waals surface area contributed by atoms with Gasteiger partial charge in [-0.15, -0.1) is 11.3 Å². The summed E-state index contributed by atoms with van der Waals surface area (Å²) in [6, 6.07) is 17.6. The number of aliphatic hydroxyl groups excluding tert-OH is 1. The number of thiophene rings is 1. The molecule has 0 aliphatic carbocycles. The number of fused-ring (bicyclic) bond motifs is 1. The number of amides is 1. The van der Waals surface area contributed by atoms with E-state index in [0.717, 1.165) is 6.42 Å². The normalized spacial score (nSPS) is 20.8. The van der Waals surface area contributed by atoms with Gasteiger partial charge in [0.2, 0.25) is 6.29 Å². The molecule has 162 valence electrons. The third kappa shape index (κ3) is 4.82. The number of hydrogen-bond acceptors (Lipinski definition) is 5. The number of nitrogens with one attached hydrogen (secondary N) is 1. The van der Waals surface area contributed by atoms with Crippen LogP contribution >= 0.6 is 11.3 Å². The number of benzene rings is 2. The molecular formula is C25H27NO4S. The third-order valence-electron chi connectivity index (χ3n) is 5.54. The third-order valence-corrected chi connectivity index (χ3v) is 6.52. The van der Waals surface area contributed by atoms with Gasteiger partial charge in [0.15, 0.2) is 5.76 Å². The molecule has 0 unspecified atom stereocenters. The van der Waals surface area contributed by atoms with E-state index in [-0.39, 0.29) is 30.1 Å². The van der Waals surface area contributed by atoms with Gasteiger partial charge in [0.1, 0.15) is 0 Å². The molecule has 1 aliphatic heterocycles. The highest BCUT2D eigenvalue weighted by atomic mass is 32.1. The van der Waals surface area contributed by atoms with Crippen molar-refractivity contribution >= 4 is 33.0 Å². The van der Waals surface area contributed by atoms with E-state index >= 15 is 0 Å². The van der Waals surface area contributed by atoms with E-state index in [1.807, 2.05) is 55.5 Å². The van der Waals surface area contributed by atoms with Crippen molar-refractivity contribution in [1.29, 1.82) is 0 Å². The largest absolute Gasteiger partial charge is 0.459 e. The first kappa shape index (κ1) is 21.6. The molecule has 0 bridgehead atoms. The van der Waals surface area contributed by atoms with Gasteiger partial charge in [0.25, 0.3) is 5.91 Å². The van der Waals surface area contributed by atoms with Crippen molar-refractivity contribution in [2.45, 2.75) is 32.0 Å². The van der Waals surface area contributed by atoms with Crippen LogP contribution in [0.1, 0.15) is 31.2 Å². The summed E-state index contributed by atoms with van der Waals surface area (Å²) in [6.45, 7) is 2.51. The molecule has 0 saturated carbocycles. The Balaban J connectivity index is 1.72. The summed E-state index contributed by atoms with van der Waals surface area (Å²) in [5.74, 6) is -0.0771. The van der Waals surface area contributed by atoms with Gasteiger partial charge in [-0.25, -0.2) is 0 Å². The fourth-order valence-corrected chi connectivity index (χ4v) is 5.10. The maximum Gasteiger partial charge on any atom is 0.290 e. The Morgan fingerprint density at radius 3 is 2.71 bits per heavy atom. The first-order valence-corrected chi connectivity index (χ1v) is 11.5. The molecule has 0 spiro atoms. The Bertz CT molecular complexity index is 1050. The highest BCUT2D eigenvalue weighted by molar-refractivity contribution is 7.17. The zero-order valence-electron chi connectivity index (χ0n) is 17.5. The molecule has 1 amide bonds. The second-order valence-corrected chi connectivity index (χ2v) is 8.45. The molecule has 0 radical (unpaired) electrons. The van der Waals surface area contributed by atoms with Gasteiger partial charge in [0, 0.05) is 35.4 Å². The summed E-state index contributed by atoms with van der Waals surface area (Å²) in [4.78, 5) is 13.0. The number of hydrogen-bond donors (Lipinski definition) is 2. The van der Waals surface area contributed by atoms with E-state index in [1.54, 1.807) is 11.3 Å². The zero-order valence-corrected chi connectivity index (χ0v) is 18.3. The van der Waals surface area contributed by atoms with Crippen LogP contribution < -0.4 is 5.32 Å². The van der Waals surface area contributed by atoms with Gasteiger partial charge >= 0.3 is 0 Å². The summed E-state index contributed by atoms with van der Waals surface area (Å²) < 4.78 is 13.2. The van der Waals surface area contributed by atoms with Crippen molar-refractivity contribution in [3.63, 3.8) is 0 Å². The smallest absolute Gasteiger partial charge is 0.290 e. The maximum atomic E-state index is 13.0. The van der Waals surface area contributed by atoms with Crippen LogP contribution in [0.3, 0.4) is 0 Å². The van der Waals surface area contributed by atoms with Crippen LogP contribution in [0.25, 0.3) is 10.1 Å². The van der Waals surface area contributed by atoms with Gasteiger partial charge in [-0.3, -0.25) is 4.79 Å². The van der Waals surface area contributed by atoms with Crippen molar-refractivity contribution in [1.82, 2.24) is 0 Å². The molecule has 5 nitrogen and oxygen atoms in total.